The topological polar surface area (TPSA) is 95.5 Å². The van der Waals surface area contributed by atoms with E-state index in [4.69, 9.17) is 16.7 Å². The third kappa shape index (κ3) is 6.34. The molecule has 0 fully saturated rings. The van der Waals surface area contributed by atoms with Crippen LogP contribution in [-0.4, -0.2) is 28.1 Å². The molecule has 2 amide bonds. The number of carboxylic acids is 1. The maximum atomic E-state index is 12.4. The molecule has 31 heavy (non-hydrogen) atoms. The summed E-state index contributed by atoms with van der Waals surface area (Å²) in [5.74, 6) is -1.48. The van der Waals surface area contributed by atoms with Gasteiger partial charge in [0.1, 0.15) is 0 Å². The van der Waals surface area contributed by atoms with E-state index in [1.165, 1.54) is 23.9 Å². The summed E-state index contributed by atoms with van der Waals surface area (Å²) in [6.45, 7) is 1.78. The Bertz CT molecular complexity index is 1100. The van der Waals surface area contributed by atoms with Crippen LogP contribution in [0.3, 0.4) is 0 Å². The summed E-state index contributed by atoms with van der Waals surface area (Å²) in [7, 11) is 0. The zero-order chi connectivity index (χ0) is 22.4. The van der Waals surface area contributed by atoms with Gasteiger partial charge in [0.2, 0.25) is 5.91 Å². The molecule has 0 saturated carbocycles. The Labute approximate surface area is 188 Å². The molecule has 0 aromatic heterocycles. The Kier molecular flexibility index (Phi) is 7.33. The lowest BCUT2D eigenvalue weighted by Gasteiger charge is -2.13. The third-order valence-electron chi connectivity index (χ3n) is 4.28. The summed E-state index contributed by atoms with van der Waals surface area (Å²) < 4.78 is 0. The highest BCUT2D eigenvalue weighted by molar-refractivity contribution is 8.00. The van der Waals surface area contributed by atoms with Crippen molar-refractivity contribution in [2.24, 2.45) is 0 Å². The van der Waals surface area contributed by atoms with E-state index in [9.17, 15) is 14.4 Å². The average molecular weight is 455 g/mol. The number of carbonyl (C=O) groups excluding carboxylic acids is 2. The van der Waals surface area contributed by atoms with E-state index in [0.717, 1.165) is 4.90 Å². The number of hydrogen-bond acceptors (Lipinski definition) is 4. The molecular weight excluding hydrogens is 436 g/mol. The minimum atomic E-state index is -1.02. The van der Waals surface area contributed by atoms with Crippen molar-refractivity contribution in [2.45, 2.75) is 17.1 Å². The molecule has 6 nitrogen and oxygen atoms in total. The summed E-state index contributed by atoms with van der Waals surface area (Å²) in [6, 6.07) is 19.8. The average Bonchev–Trinajstić information content (AvgIpc) is 2.75. The highest BCUT2D eigenvalue weighted by Crippen LogP contribution is 2.26. The molecule has 0 saturated heterocycles. The number of nitrogens with one attached hydrogen (secondary N) is 2. The smallest absolute Gasteiger partial charge is 0.335 e. The van der Waals surface area contributed by atoms with Crippen LogP contribution < -0.4 is 10.6 Å². The van der Waals surface area contributed by atoms with Gasteiger partial charge in [-0.05, 0) is 73.7 Å². The molecule has 3 rings (SSSR count). The van der Waals surface area contributed by atoms with Gasteiger partial charge in [-0.1, -0.05) is 17.7 Å². The van der Waals surface area contributed by atoms with Gasteiger partial charge in [-0.2, -0.15) is 0 Å². The Hall–Kier alpha value is -3.29. The molecule has 3 N–H and O–H groups in total. The molecule has 1 atom stereocenters. The van der Waals surface area contributed by atoms with Crippen LogP contribution in [0.1, 0.15) is 27.6 Å². The minimum absolute atomic E-state index is 0.156. The van der Waals surface area contributed by atoms with Crippen molar-refractivity contribution in [1.82, 2.24) is 0 Å². The van der Waals surface area contributed by atoms with Crippen LogP contribution in [0.4, 0.5) is 11.4 Å². The predicted octanol–water partition coefficient (Wildman–Crippen LogP) is 5.41. The molecule has 0 radical (unpaired) electrons. The second-order valence-electron chi connectivity index (χ2n) is 6.62. The number of halogens is 1. The van der Waals surface area contributed by atoms with Gasteiger partial charge >= 0.3 is 5.97 Å². The lowest BCUT2D eigenvalue weighted by atomic mass is 10.2. The largest absolute Gasteiger partial charge is 0.478 e. The second kappa shape index (κ2) is 10.1. The zero-order valence-corrected chi connectivity index (χ0v) is 18.0. The summed E-state index contributed by atoms with van der Waals surface area (Å²) in [5, 5.41) is 14.6. The monoisotopic (exact) mass is 454 g/mol. The summed E-state index contributed by atoms with van der Waals surface area (Å²) in [6.07, 6.45) is 0. The van der Waals surface area contributed by atoms with Gasteiger partial charge in [-0.15, -0.1) is 11.8 Å². The van der Waals surface area contributed by atoms with Crippen molar-refractivity contribution < 1.29 is 19.5 Å². The van der Waals surface area contributed by atoms with E-state index in [1.807, 2.05) is 12.1 Å². The molecule has 158 valence electrons. The van der Waals surface area contributed by atoms with Crippen LogP contribution in [0.25, 0.3) is 0 Å². The number of carboxylic acid groups (broad SMARTS) is 1. The zero-order valence-electron chi connectivity index (χ0n) is 16.5. The minimum Gasteiger partial charge on any atom is -0.478 e. The van der Waals surface area contributed by atoms with Gasteiger partial charge in [0.15, 0.2) is 0 Å². The Morgan fingerprint density at radius 1 is 0.871 bits per heavy atom. The van der Waals surface area contributed by atoms with Crippen molar-refractivity contribution in [3.05, 3.63) is 88.9 Å². The molecule has 3 aromatic rings. The number of aromatic carboxylic acids is 1. The number of rotatable bonds is 7. The van der Waals surface area contributed by atoms with Crippen molar-refractivity contribution in [2.75, 3.05) is 10.6 Å². The molecule has 0 aliphatic carbocycles. The van der Waals surface area contributed by atoms with Crippen molar-refractivity contribution in [3.8, 4) is 0 Å². The Balaban J connectivity index is 1.55. The number of amides is 2. The normalized spacial score (nSPS) is 11.4. The van der Waals surface area contributed by atoms with E-state index in [1.54, 1.807) is 55.5 Å². The highest BCUT2D eigenvalue weighted by atomic mass is 35.5. The first kappa shape index (κ1) is 22.4. The van der Waals surface area contributed by atoms with Crippen LogP contribution in [0.15, 0.2) is 77.7 Å². The first-order chi connectivity index (χ1) is 14.8. The van der Waals surface area contributed by atoms with Gasteiger partial charge < -0.3 is 15.7 Å². The number of thioether (sulfide) groups is 1. The Morgan fingerprint density at radius 3 is 2.10 bits per heavy atom. The molecule has 3 aromatic carbocycles. The molecule has 0 spiro atoms. The fraction of sp³-hybridized carbons (Fsp3) is 0.0870. The van der Waals surface area contributed by atoms with Crippen molar-refractivity contribution >= 4 is 52.5 Å². The van der Waals surface area contributed by atoms with Gasteiger partial charge in [0.25, 0.3) is 5.91 Å². The van der Waals surface area contributed by atoms with E-state index in [0.29, 0.717) is 22.0 Å². The van der Waals surface area contributed by atoms with E-state index < -0.39 is 5.97 Å². The number of benzene rings is 3. The summed E-state index contributed by atoms with van der Waals surface area (Å²) in [4.78, 5) is 36.5. The number of anilines is 2. The number of carbonyl (C=O) groups is 3. The molecule has 0 aliphatic rings. The molecule has 1 unspecified atom stereocenters. The lowest BCUT2D eigenvalue weighted by Crippen LogP contribution is -2.22. The van der Waals surface area contributed by atoms with Crippen LogP contribution in [0, 0.1) is 0 Å². The fourth-order valence-electron chi connectivity index (χ4n) is 2.65. The molecule has 0 bridgehead atoms. The number of hydrogen-bond donors (Lipinski definition) is 3. The van der Waals surface area contributed by atoms with Gasteiger partial charge in [-0.3, -0.25) is 9.59 Å². The first-order valence-corrected chi connectivity index (χ1v) is 10.6. The van der Waals surface area contributed by atoms with Crippen LogP contribution in [0.2, 0.25) is 5.02 Å². The predicted molar refractivity (Wildman–Crippen MR) is 123 cm³/mol. The van der Waals surface area contributed by atoms with Crippen LogP contribution >= 0.6 is 23.4 Å². The molecule has 8 heteroatoms. The summed E-state index contributed by atoms with van der Waals surface area (Å²) >= 11 is 7.29. The highest BCUT2D eigenvalue weighted by Gasteiger charge is 2.15. The quantitative estimate of drug-likeness (QED) is 0.415. The SMILES string of the molecule is CC(Sc1ccc(NC(=O)c2cccc(Cl)c2)cc1)C(=O)Nc1ccc(C(=O)O)cc1. The molecule has 0 aliphatic heterocycles. The first-order valence-electron chi connectivity index (χ1n) is 9.29. The second-order valence-corrected chi connectivity index (χ2v) is 8.47. The standard InChI is InChI=1S/C23H19ClN2O4S/c1-14(21(27)25-18-7-5-15(6-8-18)23(29)30)31-20-11-9-19(10-12-20)26-22(28)16-3-2-4-17(24)13-16/h2-14H,1H3,(H,25,27)(H,26,28)(H,29,30). The van der Waals surface area contributed by atoms with E-state index >= 15 is 0 Å². The van der Waals surface area contributed by atoms with Crippen molar-refractivity contribution in [3.63, 3.8) is 0 Å². The van der Waals surface area contributed by atoms with Crippen molar-refractivity contribution in [1.29, 1.82) is 0 Å². The van der Waals surface area contributed by atoms with Gasteiger partial charge in [-0.25, -0.2) is 4.79 Å². The van der Waals surface area contributed by atoms with Crippen LogP contribution in [-0.2, 0) is 4.79 Å². The van der Waals surface area contributed by atoms with E-state index in [2.05, 4.69) is 10.6 Å². The molecule has 0 heterocycles. The maximum absolute atomic E-state index is 12.4. The van der Waals surface area contributed by atoms with Crippen LogP contribution in [0.5, 0.6) is 0 Å². The van der Waals surface area contributed by atoms with Gasteiger partial charge in [0.05, 0.1) is 10.8 Å². The molecular formula is C23H19ClN2O4S. The lowest BCUT2D eigenvalue weighted by molar-refractivity contribution is -0.115. The fourth-order valence-corrected chi connectivity index (χ4v) is 3.71. The Morgan fingerprint density at radius 2 is 1.48 bits per heavy atom. The maximum Gasteiger partial charge on any atom is 0.335 e. The summed E-state index contributed by atoms with van der Waals surface area (Å²) in [5.41, 5.74) is 1.78. The third-order valence-corrected chi connectivity index (χ3v) is 5.63. The van der Waals surface area contributed by atoms with Gasteiger partial charge in [0, 0.05) is 26.9 Å². The van der Waals surface area contributed by atoms with E-state index in [-0.39, 0.29) is 22.6 Å².